The molecule has 0 bridgehead atoms. The summed E-state index contributed by atoms with van der Waals surface area (Å²) in [5.41, 5.74) is 3.32. The van der Waals surface area contributed by atoms with Gasteiger partial charge in [-0.2, -0.15) is 5.10 Å². The lowest BCUT2D eigenvalue weighted by atomic mass is 10.2. The van der Waals surface area contributed by atoms with Crippen LogP contribution >= 0.6 is 0 Å². The van der Waals surface area contributed by atoms with Crippen LogP contribution in [0.1, 0.15) is 35.8 Å². The molecule has 4 aromatic rings. The average molecular weight is 438 g/mol. The number of hydrogen-bond acceptors (Lipinski definition) is 5. The number of rotatable bonds is 8. The molecule has 5 rings (SSSR count). The number of aromatic nitrogens is 4. The van der Waals surface area contributed by atoms with Gasteiger partial charge in [0, 0.05) is 29.4 Å². The van der Waals surface area contributed by atoms with Crippen LogP contribution in [0.2, 0.25) is 0 Å². The Morgan fingerprint density at radius 1 is 1.09 bits per heavy atom. The first-order valence-corrected chi connectivity index (χ1v) is 10.9. The molecule has 1 saturated carbocycles. The molecule has 2 heterocycles. The topological polar surface area (TPSA) is 92.8 Å². The lowest BCUT2D eigenvalue weighted by Crippen LogP contribution is -2.07. The number of H-pyrrole nitrogens is 1. The van der Waals surface area contributed by atoms with Gasteiger partial charge >= 0.3 is 0 Å². The number of carbonyl (C=O) groups is 1. The van der Waals surface area contributed by atoms with Crippen molar-refractivity contribution in [2.45, 2.75) is 25.4 Å². The minimum absolute atomic E-state index is 0.212. The highest BCUT2D eigenvalue weighted by Crippen LogP contribution is 2.38. The second-order valence-electron chi connectivity index (χ2n) is 7.90. The number of pyridine rings is 1. The Bertz CT molecular complexity index is 1260. The van der Waals surface area contributed by atoms with E-state index in [9.17, 15) is 4.79 Å². The summed E-state index contributed by atoms with van der Waals surface area (Å²) in [5, 5.41) is 10.2. The van der Waals surface area contributed by atoms with Gasteiger partial charge in [0.1, 0.15) is 18.2 Å². The number of anilines is 1. The molecule has 1 aliphatic rings. The molecule has 2 N–H and O–H groups in total. The van der Waals surface area contributed by atoms with E-state index in [1.54, 1.807) is 12.3 Å². The highest BCUT2D eigenvalue weighted by molar-refractivity contribution is 6.02. The third kappa shape index (κ3) is 5.51. The normalized spacial score (nSPS) is 13.2. The van der Waals surface area contributed by atoms with Gasteiger partial charge in [-0.3, -0.25) is 14.9 Å². The molecular formula is C26H23N5O2. The predicted molar refractivity (Wildman–Crippen MR) is 126 cm³/mol. The molecule has 1 amide bonds. The van der Waals surface area contributed by atoms with Crippen LogP contribution in [0.4, 0.5) is 5.69 Å². The van der Waals surface area contributed by atoms with Crippen molar-refractivity contribution < 1.29 is 9.53 Å². The van der Waals surface area contributed by atoms with Crippen molar-refractivity contribution >= 4 is 17.7 Å². The van der Waals surface area contributed by atoms with E-state index in [0.29, 0.717) is 24.0 Å². The van der Waals surface area contributed by atoms with Crippen LogP contribution in [0.3, 0.4) is 0 Å². The fourth-order valence-corrected chi connectivity index (χ4v) is 3.35. The summed E-state index contributed by atoms with van der Waals surface area (Å²) >= 11 is 0. The Labute approximate surface area is 191 Å². The third-order valence-electron chi connectivity index (χ3n) is 5.28. The van der Waals surface area contributed by atoms with Gasteiger partial charge in [0.2, 0.25) is 5.91 Å². The number of nitrogens with one attached hydrogen (secondary N) is 2. The number of aromatic amines is 1. The first kappa shape index (κ1) is 20.6. The first-order chi connectivity index (χ1) is 16.2. The Morgan fingerprint density at radius 3 is 2.76 bits per heavy atom. The van der Waals surface area contributed by atoms with Crippen LogP contribution in [0, 0.1) is 0 Å². The van der Waals surface area contributed by atoms with Gasteiger partial charge in [-0.05, 0) is 60.9 Å². The Morgan fingerprint density at radius 2 is 1.97 bits per heavy atom. The molecule has 1 aliphatic carbocycles. The Hall–Kier alpha value is -4.26. The van der Waals surface area contributed by atoms with E-state index >= 15 is 0 Å². The molecule has 7 nitrogen and oxygen atoms in total. The number of ether oxygens (including phenoxy) is 1. The van der Waals surface area contributed by atoms with Gasteiger partial charge in [-0.1, -0.05) is 30.3 Å². The van der Waals surface area contributed by atoms with Gasteiger partial charge in [-0.15, -0.1) is 0 Å². The van der Waals surface area contributed by atoms with Gasteiger partial charge < -0.3 is 10.1 Å². The van der Waals surface area contributed by atoms with Crippen molar-refractivity contribution in [1.29, 1.82) is 0 Å². The van der Waals surface area contributed by atoms with Crippen molar-refractivity contribution in [3.05, 3.63) is 96.1 Å². The molecule has 33 heavy (non-hydrogen) atoms. The van der Waals surface area contributed by atoms with Crippen molar-refractivity contribution in [3.63, 3.8) is 0 Å². The number of nitrogens with zero attached hydrogens (tertiary/aromatic N) is 3. The first-order valence-electron chi connectivity index (χ1n) is 10.9. The number of benzene rings is 2. The highest BCUT2D eigenvalue weighted by Gasteiger charge is 2.27. The fourth-order valence-electron chi connectivity index (χ4n) is 3.35. The SMILES string of the molecule is O=C(/C=C/c1ccc(OCc2ccccn2)cc1)Nc1cccc(-c2n[nH]c(C3CC3)n2)c1. The maximum Gasteiger partial charge on any atom is 0.248 e. The highest BCUT2D eigenvalue weighted by atomic mass is 16.5. The summed E-state index contributed by atoms with van der Waals surface area (Å²) in [6.45, 7) is 0.410. The Kier molecular flexibility index (Phi) is 5.93. The second-order valence-corrected chi connectivity index (χ2v) is 7.90. The standard InChI is InChI=1S/C26H23N5O2/c32-24(14-9-18-7-12-23(13-8-18)33-17-22-5-1-2-15-27-22)28-21-6-3-4-20(16-21)26-29-25(30-31-26)19-10-11-19/h1-9,12-16,19H,10-11,17H2,(H,28,32)(H,29,30,31)/b14-9+. The van der Waals surface area contributed by atoms with Gasteiger partial charge in [0.25, 0.3) is 0 Å². The monoisotopic (exact) mass is 437 g/mol. The summed E-state index contributed by atoms with van der Waals surface area (Å²) in [5.74, 6) is 2.64. The fraction of sp³-hybridized carbons (Fsp3) is 0.154. The van der Waals surface area contributed by atoms with Crippen molar-refractivity contribution in [1.82, 2.24) is 20.2 Å². The summed E-state index contributed by atoms with van der Waals surface area (Å²) in [6, 6.07) is 20.8. The lowest BCUT2D eigenvalue weighted by molar-refractivity contribution is -0.111. The van der Waals surface area contributed by atoms with Crippen LogP contribution in [0.25, 0.3) is 17.5 Å². The van der Waals surface area contributed by atoms with E-state index in [2.05, 4.69) is 25.5 Å². The summed E-state index contributed by atoms with van der Waals surface area (Å²) < 4.78 is 5.74. The summed E-state index contributed by atoms with van der Waals surface area (Å²) in [7, 11) is 0. The van der Waals surface area contributed by atoms with Crippen LogP contribution in [0.5, 0.6) is 5.75 Å². The van der Waals surface area contributed by atoms with E-state index in [4.69, 9.17) is 4.74 Å². The number of hydrogen-bond donors (Lipinski definition) is 2. The van der Waals surface area contributed by atoms with E-state index in [1.807, 2.05) is 66.7 Å². The average Bonchev–Trinajstić information content (AvgIpc) is 3.59. The molecule has 0 saturated heterocycles. The number of amides is 1. The third-order valence-corrected chi connectivity index (χ3v) is 5.28. The molecule has 1 fully saturated rings. The zero-order valence-electron chi connectivity index (χ0n) is 17.9. The molecule has 0 atom stereocenters. The molecule has 2 aromatic carbocycles. The quantitative estimate of drug-likeness (QED) is 0.380. The summed E-state index contributed by atoms with van der Waals surface area (Å²) in [6.07, 6.45) is 7.34. The van der Waals surface area contributed by atoms with E-state index in [0.717, 1.165) is 41.2 Å². The van der Waals surface area contributed by atoms with Crippen molar-refractivity contribution in [3.8, 4) is 17.1 Å². The van der Waals surface area contributed by atoms with Gasteiger partial charge in [0.15, 0.2) is 5.82 Å². The van der Waals surface area contributed by atoms with Gasteiger partial charge in [-0.25, -0.2) is 4.98 Å². The zero-order valence-corrected chi connectivity index (χ0v) is 17.9. The molecule has 0 aliphatic heterocycles. The molecular weight excluding hydrogens is 414 g/mol. The van der Waals surface area contributed by atoms with Crippen LogP contribution in [0.15, 0.2) is 79.0 Å². The smallest absolute Gasteiger partial charge is 0.248 e. The molecule has 0 radical (unpaired) electrons. The van der Waals surface area contributed by atoms with E-state index in [-0.39, 0.29) is 5.91 Å². The van der Waals surface area contributed by atoms with Crippen LogP contribution in [-0.4, -0.2) is 26.1 Å². The molecule has 0 unspecified atom stereocenters. The largest absolute Gasteiger partial charge is 0.487 e. The van der Waals surface area contributed by atoms with Crippen molar-refractivity contribution in [2.75, 3.05) is 5.32 Å². The Balaban J connectivity index is 1.16. The minimum Gasteiger partial charge on any atom is -0.487 e. The zero-order chi connectivity index (χ0) is 22.5. The van der Waals surface area contributed by atoms with Crippen LogP contribution < -0.4 is 10.1 Å². The summed E-state index contributed by atoms with van der Waals surface area (Å²) in [4.78, 5) is 21.2. The second kappa shape index (κ2) is 9.48. The number of carbonyl (C=O) groups excluding carboxylic acids is 1. The maximum absolute atomic E-state index is 12.4. The molecule has 2 aromatic heterocycles. The minimum atomic E-state index is -0.212. The van der Waals surface area contributed by atoms with Gasteiger partial charge in [0.05, 0.1) is 5.69 Å². The maximum atomic E-state index is 12.4. The predicted octanol–water partition coefficient (Wildman–Crippen LogP) is 4.98. The lowest BCUT2D eigenvalue weighted by Gasteiger charge is -2.06. The van der Waals surface area contributed by atoms with Crippen molar-refractivity contribution in [2.24, 2.45) is 0 Å². The van der Waals surface area contributed by atoms with E-state index < -0.39 is 0 Å². The van der Waals surface area contributed by atoms with E-state index in [1.165, 1.54) is 6.08 Å². The molecule has 7 heteroatoms. The molecule has 164 valence electrons. The van der Waals surface area contributed by atoms with Crippen LogP contribution in [-0.2, 0) is 11.4 Å². The molecule has 0 spiro atoms.